The van der Waals surface area contributed by atoms with Crippen LogP contribution in [0.15, 0.2) is 30.3 Å². The summed E-state index contributed by atoms with van der Waals surface area (Å²) in [5, 5.41) is 2.76. The first-order valence-electron chi connectivity index (χ1n) is 6.84. The van der Waals surface area contributed by atoms with Crippen molar-refractivity contribution in [2.75, 3.05) is 26.9 Å². The first-order valence-corrected chi connectivity index (χ1v) is 7.36. The lowest BCUT2D eigenvalue weighted by Gasteiger charge is -2.35. The number of carbonyl (C=O) groups excluding carboxylic acids is 1. The molecule has 0 saturated carbocycles. The van der Waals surface area contributed by atoms with E-state index >= 15 is 0 Å². The largest absolute Gasteiger partial charge is 0.494 e. The number of amides is 1. The van der Waals surface area contributed by atoms with Crippen molar-refractivity contribution in [3.63, 3.8) is 0 Å². The van der Waals surface area contributed by atoms with Crippen molar-refractivity contribution in [1.82, 2.24) is 10.2 Å². The molecule has 1 N–H and O–H groups in total. The van der Waals surface area contributed by atoms with E-state index in [0.29, 0.717) is 19.8 Å². The van der Waals surface area contributed by atoms with E-state index in [-0.39, 0.29) is 11.4 Å². The zero-order valence-electron chi connectivity index (χ0n) is 12.2. The predicted molar refractivity (Wildman–Crippen MR) is 85.1 cm³/mol. The van der Waals surface area contributed by atoms with Gasteiger partial charge in [0, 0.05) is 19.7 Å². The van der Waals surface area contributed by atoms with Gasteiger partial charge in [-0.1, -0.05) is 0 Å². The Bertz CT molecular complexity index is 516. The Kier molecular flexibility index (Phi) is 5.52. The third kappa shape index (κ3) is 3.92. The molecule has 1 amide bonds. The molecule has 0 saturated heterocycles. The van der Waals surface area contributed by atoms with Crippen LogP contribution in [0.2, 0.25) is 0 Å². The van der Waals surface area contributed by atoms with Gasteiger partial charge in [0.15, 0.2) is 0 Å². The van der Waals surface area contributed by atoms with Crippen molar-refractivity contribution in [2.45, 2.75) is 12.4 Å². The second kappa shape index (κ2) is 7.38. The fourth-order valence-corrected chi connectivity index (χ4v) is 2.52. The van der Waals surface area contributed by atoms with Crippen molar-refractivity contribution in [1.29, 1.82) is 0 Å². The van der Waals surface area contributed by atoms with Crippen LogP contribution in [-0.2, 0) is 9.53 Å². The predicted octanol–water partition coefficient (Wildman–Crippen LogP) is 1.72. The summed E-state index contributed by atoms with van der Waals surface area (Å²) < 4.78 is 10.6. The fraction of sp³-hybridized carbons (Fsp3) is 0.400. The van der Waals surface area contributed by atoms with Gasteiger partial charge < -0.3 is 19.7 Å². The van der Waals surface area contributed by atoms with E-state index < -0.39 is 0 Å². The SMILES string of the molecule is CCOc1ccc(C2=CC(=O)NC(S)N2CCOC)cc1. The van der Waals surface area contributed by atoms with Gasteiger partial charge in [-0.05, 0) is 36.8 Å². The molecule has 21 heavy (non-hydrogen) atoms. The minimum atomic E-state index is -0.362. The summed E-state index contributed by atoms with van der Waals surface area (Å²) >= 11 is 4.42. The maximum Gasteiger partial charge on any atom is 0.248 e. The average molecular weight is 308 g/mol. The van der Waals surface area contributed by atoms with Crippen LogP contribution in [0.4, 0.5) is 0 Å². The maximum atomic E-state index is 11.7. The zero-order chi connectivity index (χ0) is 15.2. The van der Waals surface area contributed by atoms with E-state index in [1.807, 2.05) is 36.1 Å². The number of ether oxygens (including phenoxy) is 2. The Balaban J connectivity index is 2.25. The van der Waals surface area contributed by atoms with Crippen LogP contribution in [0.5, 0.6) is 5.75 Å². The highest BCUT2D eigenvalue weighted by atomic mass is 32.1. The molecule has 1 aromatic carbocycles. The van der Waals surface area contributed by atoms with Crippen molar-refractivity contribution in [2.24, 2.45) is 0 Å². The van der Waals surface area contributed by atoms with Crippen molar-refractivity contribution >= 4 is 24.2 Å². The number of hydrogen-bond donors (Lipinski definition) is 2. The van der Waals surface area contributed by atoms with Crippen LogP contribution in [0, 0.1) is 0 Å². The smallest absolute Gasteiger partial charge is 0.248 e. The number of carbonyl (C=O) groups is 1. The van der Waals surface area contributed by atoms with Gasteiger partial charge in [-0.25, -0.2) is 0 Å². The second-order valence-electron chi connectivity index (χ2n) is 4.56. The third-order valence-corrected chi connectivity index (χ3v) is 3.55. The van der Waals surface area contributed by atoms with Gasteiger partial charge in [0.25, 0.3) is 0 Å². The summed E-state index contributed by atoms with van der Waals surface area (Å²) in [5.74, 6) is 0.667. The molecule has 1 heterocycles. The number of benzene rings is 1. The molecule has 1 aliphatic heterocycles. The summed E-state index contributed by atoms with van der Waals surface area (Å²) in [6.07, 6.45) is 1.58. The standard InChI is InChI=1S/C15H20N2O3S/c1-3-20-12-6-4-11(5-7-12)13-10-14(18)16-15(21)17(13)8-9-19-2/h4-7,10,15,21H,3,8-9H2,1-2H3,(H,16,18). The minimum Gasteiger partial charge on any atom is -0.494 e. The lowest BCUT2D eigenvalue weighted by atomic mass is 10.1. The van der Waals surface area contributed by atoms with Crippen LogP contribution < -0.4 is 10.1 Å². The summed E-state index contributed by atoms with van der Waals surface area (Å²) in [4.78, 5) is 13.7. The lowest BCUT2D eigenvalue weighted by Crippen LogP contribution is -2.48. The number of methoxy groups -OCH3 is 1. The molecule has 0 radical (unpaired) electrons. The number of hydrogen-bond acceptors (Lipinski definition) is 5. The molecule has 1 atom stereocenters. The van der Waals surface area contributed by atoms with Crippen LogP contribution >= 0.6 is 12.6 Å². The van der Waals surface area contributed by atoms with Crippen molar-refractivity contribution in [3.05, 3.63) is 35.9 Å². The summed E-state index contributed by atoms with van der Waals surface area (Å²) in [6.45, 7) is 3.77. The molecule has 1 unspecified atom stereocenters. The van der Waals surface area contributed by atoms with Gasteiger partial charge in [-0.2, -0.15) is 0 Å². The lowest BCUT2D eigenvalue weighted by molar-refractivity contribution is -0.117. The van der Waals surface area contributed by atoms with E-state index in [1.165, 1.54) is 0 Å². The molecular weight excluding hydrogens is 288 g/mol. The summed E-state index contributed by atoms with van der Waals surface area (Å²) in [7, 11) is 1.65. The molecule has 1 aliphatic rings. The van der Waals surface area contributed by atoms with Crippen LogP contribution in [-0.4, -0.2) is 43.2 Å². The summed E-state index contributed by atoms with van der Waals surface area (Å²) in [5.41, 5.74) is 1.42. The Labute approximate surface area is 130 Å². The van der Waals surface area contributed by atoms with Gasteiger partial charge in [0.2, 0.25) is 5.91 Å². The molecule has 114 valence electrons. The molecule has 0 aromatic heterocycles. The van der Waals surface area contributed by atoms with E-state index in [1.54, 1.807) is 13.2 Å². The van der Waals surface area contributed by atoms with Crippen molar-refractivity contribution < 1.29 is 14.3 Å². The number of rotatable bonds is 6. The Morgan fingerprint density at radius 1 is 1.33 bits per heavy atom. The molecule has 0 fully saturated rings. The van der Waals surface area contributed by atoms with Crippen LogP contribution in [0.3, 0.4) is 0 Å². The Morgan fingerprint density at radius 3 is 2.67 bits per heavy atom. The van der Waals surface area contributed by atoms with Crippen LogP contribution in [0.1, 0.15) is 12.5 Å². The Morgan fingerprint density at radius 2 is 2.05 bits per heavy atom. The normalized spacial score (nSPS) is 18.2. The summed E-state index contributed by atoms with van der Waals surface area (Å²) in [6, 6.07) is 7.67. The highest BCUT2D eigenvalue weighted by Gasteiger charge is 2.25. The van der Waals surface area contributed by atoms with E-state index in [0.717, 1.165) is 17.0 Å². The van der Waals surface area contributed by atoms with Gasteiger partial charge in [0.05, 0.1) is 18.9 Å². The number of thiol groups is 1. The molecule has 0 bridgehead atoms. The molecule has 0 aliphatic carbocycles. The van der Waals surface area contributed by atoms with Gasteiger partial charge >= 0.3 is 0 Å². The topological polar surface area (TPSA) is 50.8 Å². The second-order valence-corrected chi connectivity index (χ2v) is 5.04. The Hall–Kier alpha value is -1.66. The van der Waals surface area contributed by atoms with E-state index in [4.69, 9.17) is 9.47 Å². The molecule has 5 nitrogen and oxygen atoms in total. The molecule has 2 rings (SSSR count). The average Bonchev–Trinajstić information content (AvgIpc) is 2.47. The highest BCUT2D eigenvalue weighted by molar-refractivity contribution is 7.80. The maximum absolute atomic E-state index is 11.7. The van der Waals surface area contributed by atoms with E-state index in [9.17, 15) is 4.79 Å². The van der Waals surface area contributed by atoms with Gasteiger partial charge in [-0.3, -0.25) is 4.79 Å². The van der Waals surface area contributed by atoms with Gasteiger partial charge in [-0.15, -0.1) is 12.6 Å². The molecule has 6 heteroatoms. The third-order valence-electron chi connectivity index (χ3n) is 3.14. The van der Waals surface area contributed by atoms with Crippen LogP contribution in [0.25, 0.3) is 5.70 Å². The monoisotopic (exact) mass is 308 g/mol. The molecular formula is C15H20N2O3S. The number of nitrogens with one attached hydrogen (secondary N) is 1. The van der Waals surface area contributed by atoms with Gasteiger partial charge in [0.1, 0.15) is 11.2 Å². The highest BCUT2D eigenvalue weighted by Crippen LogP contribution is 2.26. The first kappa shape index (κ1) is 15.7. The zero-order valence-corrected chi connectivity index (χ0v) is 13.1. The first-order chi connectivity index (χ1) is 10.2. The molecule has 1 aromatic rings. The van der Waals surface area contributed by atoms with Crippen molar-refractivity contribution in [3.8, 4) is 5.75 Å². The van der Waals surface area contributed by atoms with E-state index in [2.05, 4.69) is 17.9 Å². The number of nitrogens with zero attached hydrogens (tertiary/aromatic N) is 1. The minimum absolute atomic E-state index is 0.146. The molecule has 0 spiro atoms. The fourth-order valence-electron chi connectivity index (χ4n) is 2.16. The quantitative estimate of drug-likeness (QED) is 0.786.